The van der Waals surface area contributed by atoms with Gasteiger partial charge in [0.05, 0.1) is 6.61 Å². The molecule has 1 aromatic rings. The van der Waals surface area contributed by atoms with E-state index in [4.69, 9.17) is 10.5 Å². The molecule has 1 aliphatic rings. The molecule has 3 heteroatoms. The van der Waals surface area contributed by atoms with Crippen LogP contribution < -0.4 is 10.5 Å². The third-order valence-electron chi connectivity index (χ3n) is 3.23. The summed E-state index contributed by atoms with van der Waals surface area (Å²) in [6.45, 7) is 0.878. The lowest BCUT2D eigenvalue weighted by atomic mass is 10.1. The average molecular weight is 223 g/mol. The smallest absolute Gasteiger partial charge is 0.131 e. The Morgan fingerprint density at radius 1 is 1.31 bits per heavy atom. The fourth-order valence-electron chi connectivity index (χ4n) is 2.26. The van der Waals surface area contributed by atoms with Crippen LogP contribution in [-0.4, -0.2) is 6.61 Å². The number of rotatable bonds is 4. The summed E-state index contributed by atoms with van der Waals surface area (Å²) in [4.78, 5) is 0. The largest absolute Gasteiger partial charge is 0.493 e. The van der Waals surface area contributed by atoms with Crippen LogP contribution in [0, 0.1) is 11.7 Å². The first-order chi connectivity index (χ1) is 7.81. The molecule has 0 aliphatic heterocycles. The maximum Gasteiger partial charge on any atom is 0.131 e. The molecule has 1 fully saturated rings. The molecule has 0 spiro atoms. The predicted molar refractivity (Wildman–Crippen MR) is 61.7 cm³/mol. The molecule has 2 nitrogen and oxygen atoms in total. The molecule has 0 aromatic heterocycles. The van der Waals surface area contributed by atoms with E-state index < -0.39 is 0 Å². The van der Waals surface area contributed by atoms with E-state index in [1.165, 1.54) is 31.7 Å². The van der Waals surface area contributed by atoms with Crippen LogP contribution in [0.2, 0.25) is 0 Å². The summed E-state index contributed by atoms with van der Waals surface area (Å²) < 4.78 is 19.1. The Kier molecular flexibility index (Phi) is 3.78. The molecule has 0 saturated heterocycles. The molecule has 1 aromatic carbocycles. The standard InChI is InChI=1S/C13H18FNO/c14-12-6-3-7-13(11(12)8-15)16-9-10-4-1-2-5-10/h3,6-7,10H,1-2,4-5,8-9,15H2. The molecule has 1 saturated carbocycles. The van der Waals surface area contributed by atoms with Crippen LogP contribution in [-0.2, 0) is 6.54 Å². The minimum Gasteiger partial charge on any atom is -0.493 e. The minimum atomic E-state index is -0.272. The lowest BCUT2D eigenvalue weighted by molar-refractivity contribution is 0.249. The molecule has 88 valence electrons. The monoisotopic (exact) mass is 223 g/mol. The normalized spacial score (nSPS) is 16.6. The third kappa shape index (κ3) is 2.53. The fraction of sp³-hybridized carbons (Fsp3) is 0.538. The van der Waals surface area contributed by atoms with Gasteiger partial charge in [-0.1, -0.05) is 18.9 Å². The molecule has 2 rings (SSSR count). The van der Waals surface area contributed by atoms with Crippen LogP contribution in [0.4, 0.5) is 4.39 Å². The van der Waals surface area contributed by atoms with Crippen molar-refractivity contribution in [3.05, 3.63) is 29.6 Å². The predicted octanol–water partition coefficient (Wildman–Crippen LogP) is 2.85. The summed E-state index contributed by atoms with van der Waals surface area (Å²) in [5, 5.41) is 0. The highest BCUT2D eigenvalue weighted by Crippen LogP contribution is 2.27. The van der Waals surface area contributed by atoms with Crippen molar-refractivity contribution in [1.82, 2.24) is 0 Å². The quantitative estimate of drug-likeness (QED) is 0.851. The first-order valence-electron chi connectivity index (χ1n) is 5.91. The molecule has 0 atom stereocenters. The van der Waals surface area contributed by atoms with Crippen LogP contribution >= 0.6 is 0 Å². The molecule has 16 heavy (non-hydrogen) atoms. The van der Waals surface area contributed by atoms with Gasteiger partial charge in [0.25, 0.3) is 0 Å². The van der Waals surface area contributed by atoms with Crippen LogP contribution in [0.3, 0.4) is 0 Å². The van der Waals surface area contributed by atoms with E-state index in [1.54, 1.807) is 12.1 Å². The summed E-state index contributed by atoms with van der Waals surface area (Å²) in [6.07, 6.45) is 5.04. The molecule has 0 unspecified atom stereocenters. The van der Waals surface area contributed by atoms with E-state index in [9.17, 15) is 4.39 Å². The number of hydrogen-bond donors (Lipinski definition) is 1. The van der Waals surface area contributed by atoms with E-state index >= 15 is 0 Å². The van der Waals surface area contributed by atoms with Crippen molar-refractivity contribution in [1.29, 1.82) is 0 Å². The Labute approximate surface area is 95.6 Å². The SMILES string of the molecule is NCc1c(F)cccc1OCC1CCCC1. The van der Waals surface area contributed by atoms with E-state index in [2.05, 4.69) is 0 Å². The van der Waals surface area contributed by atoms with Crippen LogP contribution in [0.5, 0.6) is 5.75 Å². The molecule has 0 amide bonds. The minimum absolute atomic E-state index is 0.187. The van der Waals surface area contributed by atoms with E-state index in [0.29, 0.717) is 23.8 Å². The van der Waals surface area contributed by atoms with Crippen molar-refractivity contribution >= 4 is 0 Å². The van der Waals surface area contributed by atoms with Gasteiger partial charge in [0.15, 0.2) is 0 Å². The number of halogens is 1. The second-order valence-electron chi connectivity index (χ2n) is 4.38. The summed E-state index contributed by atoms with van der Waals surface area (Å²) in [7, 11) is 0. The number of benzene rings is 1. The maximum atomic E-state index is 13.4. The van der Waals surface area contributed by atoms with Gasteiger partial charge >= 0.3 is 0 Å². The first-order valence-corrected chi connectivity index (χ1v) is 5.91. The Bertz CT molecular complexity index is 348. The van der Waals surface area contributed by atoms with E-state index in [-0.39, 0.29) is 12.4 Å². The number of hydrogen-bond acceptors (Lipinski definition) is 2. The lowest BCUT2D eigenvalue weighted by Gasteiger charge is -2.14. The van der Waals surface area contributed by atoms with Gasteiger partial charge in [-0.15, -0.1) is 0 Å². The van der Waals surface area contributed by atoms with Crippen molar-refractivity contribution in [3.63, 3.8) is 0 Å². The number of ether oxygens (including phenoxy) is 1. The third-order valence-corrected chi connectivity index (χ3v) is 3.23. The average Bonchev–Trinajstić information content (AvgIpc) is 2.79. The summed E-state index contributed by atoms with van der Waals surface area (Å²) in [5.41, 5.74) is 6.00. The second-order valence-corrected chi connectivity index (χ2v) is 4.38. The fourth-order valence-corrected chi connectivity index (χ4v) is 2.26. The highest BCUT2D eigenvalue weighted by atomic mass is 19.1. The molecular formula is C13H18FNO. The zero-order valence-corrected chi connectivity index (χ0v) is 9.42. The molecule has 0 heterocycles. The van der Waals surface area contributed by atoms with Crippen molar-refractivity contribution in [3.8, 4) is 5.75 Å². The lowest BCUT2D eigenvalue weighted by Crippen LogP contribution is -2.11. The zero-order chi connectivity index (χ0) is 11.4. The molecule has 0 radical (unpaired) electrons. The summed E-state index contributed by atoms with van der Waals surface area (Å²) >= 11 is 0. The maximum absolute atomic E-state index is 13.4. The molecule has 1 aliphatic carbocycles. The Balaban J connectivity index is 2.00. The van der Waals surface area contributed by atoms with Gasteiger partial charge in [0.2, 0.25) is 0 Å². The van der Waals surface area contributed by atoms with Gasteiger partial charge in [-0.25, -0.2) is 4.39 Å². The zero-order valence-electron chi connectivity index (χ0n) is 9.42. The van der Waals surface area contributed by atoms with Crippen molar-refractivity contribution in [2.24, 2.45) is 11.7 Å². The molecular weight excluding hydrogens is 205 g/mol. The second kappa shape index (κ2) is 5.30. The number of nitrogens with two attached hydrogens (primary N) is 1. The Morgan fingerprint density at radius 2 is 2.06 bits per heavy atom. The van der Waals surface area contributed by atoms with Gasteiger partial charge in [-0.3, -0.25) is 0 Å². The highest BCUT2D eigenvalue weighted by Gasteiger charge is 2.16. The van der Waals surface area contributed by atoms with Crippen molar-refractivity contribution < 1.29 is 9.13 Å². The van der Waals surface area contributed by atoms with Gasteiger partial charge < -0.3 is 10.5 Å². The Hall–Kier alpha value is -1.09. The van der Waals surface area contributed by atoms with Crippen molar-refractivity contribution in [2.45, 2.75) is 32.2 Å². The Morgan fingerprint density at radius 3 is 2.75 bits per heavy atom. The molecule has 2 N–H and O–H groups in total. The topological polar surface area (TPSA) is 35.2 Å². The highest BCUT2D eigenvalue weighted by molar-refractivity contribution is 5.34. The van der Waals surface area contributed by atoms with Crippen LogP contribution in [0.15, 0.2) is 18.2 Å². The van der Waals surface area contributed by atoms with Gasteiger partial charge in [0.1, 0.15) is 11.6 Å². The van der Waals surface area contributed by atoms with Gasteiger partial charge in [-0.2, -0.15) is 0 Å². The van der Waals surface area contributed by atoms with Crippen molar-refractivity contribution in [2.75, 3.05) is 6.61 Å². The van der Waals surface area contributed by atoms with Crippen LogP contribution in [0.1, 0.15) is 31.2 Å². The van der Waals surface area contributed by atoms with Gasteiger partial charge in [0, 0.05) is 12.1 Å². The van der Waals surface area contributed by atoms with Gasteiger partial charge in [-0.05, 0) is 30.9 Å². The van der Waals surface area contributed by atoms with E-state index in [0.717, 1.165) is 0 Å². The molecule has 0 bridgehead atoms. The first kappa shape index (κ1) is 11.4. The van der Waals surface area contributed by atoms with E-state index in [1.807, 2.05) is 0 Å². The summed E-state index contributed by atoms with van der Waals surface area (Å²) in [6, 6.07) is 4.88. The van der Waals surface area contributed by atoms with Crippen LogP contribution in [0.25, 0.3) is 0 Å². The summed E-state index contributed by atoms with van der Waals surface area (Å²) in [5.74, 6) is 0.967.